The topological polar surface area (TPSA) is 122 Å². The molecule has 3 N–H and O–H groups in total. The van der Waals surface area contributed by atoms with E-state index in [0.717, 1.165) is 5.69 Å². The summed E-state index contributed by atoms with van der Waals surface area (Å²) in [5.41, 5.74) is 1.66. The Balaban J connectivity index is 1.82. The van der Waals surface area contributed by atoms with Crippen LogP contribution >= 0.6 is 0 Å². The minimum atomic E-state index is -3.24. The Bertz CT molecular complexity index is 1060. The van der Waals surface area contributed by atoms with Crippen molar-refractivity contribution >= 4 is 33.1 Å². The lowest BCUT2D eigenvalue weighted by Crippen LogP contribution is -2.03. The van der Waals surface area contributed by atoms with Crippen LogP contribution in [0.2, 0.25) is 0 Å². The van der Waals surface area contributed by atoms with Crippen LogP contribution in [0.25, 0.3) is 0 Å². The van der Waals surface area contributed by atoms with Crippen LogP contribution in [0.3, 0.4) is 0 Å². The van der Waals surface area contributed by atoms with Gasteiger partial charge >= 0.3 is 0 Å². The molecule has 0 saturated heterocycles. The fraction of sp³-hybridized carbons (Fsp3) is 0.278. The number of hydrogen-bond donors (Lipinski definition) is 3. The summed E-state index contributed by atoms with van der Waals surface area (Å²) in [7, 11) is -1.71. The van der Waals surface area contributed by atoms with Gasteiger partial charge in [0, 0.05) is 23.7 Å². The highest BCUT2D eigenvalue weighted by Crippen LogP contribution is 2.27. The zero-order valence-corrected chi connectivity index (χ0v) is 16.8. The molecular weight excluding hydrogens is 380 g/mol. The Hall–Kier alpha value is -3.14. The van der Waals surface area contributed by atoms with Gasteiger partial charge in [0.05, 0.1) is 18.2 Å². The lowest BCUT2D eigenvalue weighted by atomic mass is 10.1. The van der Waals surface area contributed by atoms with Crippen LogP contribution in [-0.2, 0) is 9.84 Å². The predicted molar refractivity (Wildman–Crippen MR) is 107 cm³/mol. The quantitative estimate of drug-likeness (QED) is 0.551. The molecule has 0 aliphatic heterocycles. The maximum absolute atomic E-state index is 11.6. The van der Waals surface area contributed by atoms with Gasteiger partial charge in [0.2, 0.25) is 5.95 Å². The van der Waals surface area contributed by atoms with E-state index < -0.39 is 9.84 Å². The van der Waals surface area contributed by atoms with Gasteiger partial charge in [-0.25, -0.2) is 13.4 Å². The van der Waals surface area contributed by atoms with E-state index in [-0.39, 0.29) is 4.90 Å². The fourth-order valence-electron chi connectivity index (χ4n) is 2.40. The van der Waals surface area contributed by atoms with E-state index in [1.54, 1.807) is 18.3 Å². The SMILES string of the molecule is COc1cnc(Nc2ccc(S(C)(=O)=O)cc2)nc1Nc1cc(C(C)C)[nH]n1. The normalized spacial score (nSPS) is 11.5. The predicted octanol–water partition coefficient (Wildman–Crippen LogP) is 3.22. The molecule has 0 radical (unpaired) electrons. The van der Waals surface area contributed by atoms with Gasteiger partial charge in [-0.3, -0.25) is 5.10 Å². The van der Waals surface area contributed by atoms with E-state index in [2.05, 4.69) is 44.6 Å². The first-order valence-corrected chi connectivity index (χ1v) is 10.5. The number of hydrogen-bond acceptors (Lipinski definition) is 8. The van der Waals surface area contributed by atoms with Gasteiger partial charge in [-0.1, -0.05) is 13.8 Å². The summed E-state index contributed by atoms with van der Waals surface area (Å²) in [6.45, 7) is 4.14. The largest absolute Gasteiger partial charge is 0.491 e. The lowest BCUT2D eigenvalue weighted by Gasteiger charge is -2.11. The van der Waals surface area contributed by atoms with Crippen LogP contribution in [0.5, 0.6) is 5.75 Å². The molecule has 0 unspecified atom stereocenters. The third kappa shape index (κ3) is 4.58. The first kappa shape index (κ1) is 19.6. The minimum absolute atomic E-state index is 0.246. The molecule has 0 bridgehead atoms. The summed E-state index contributed by atoms with van der Waals surface area (Å²) in [5.74, 6) is 2.18. The molecular formula is C18H22N6O3S. The first-order chi connectivity index (χ1) is 13.3. The van der Waals surface area contributed by atoms with Crippen molar-refractivity contribution in [2.45, 2.75) is 24.7 Å². The molecule has 0 amide bonds. The molecule has 148 valence electrons. The van der Waals surface area contributed by atoms with Crippen molar-refractivity contribution in [3.63, 3.8) is 0 Å². The monoisotopic (exact) mass is 402 g/mol. The lowest BCUT2D eigenvalue weighted by molar-refractivity contribution is 0.413. The van der Waals surface area contributed by atoms with Crippen molar-refractivity contribution in [3.8, 4) is 5.75 Å². The number of methoxy groups -OCH3 is 1. The standard InChI is InChI=1S/C18H22N6O3S/c1-11(2)14-9-16(24-23-14)21-17-15(27-3)10-19-18(22-17)20-12-5-7-13(8-6-12)28(4,25)26/h5-11H,1-4H3,(H3,19,20,21,22,23,24). The van der Waals surface area contributed by atoms with E-state index in [4.69, 9.17) is 4.74 Å². The van der Waals surface area contributed by atoms with Crippen LogP contribution in [0.15, 0.2) is 41.4 Å². The van der Waals surface area contributed by atoms with E-state index >= 15 is 0 Å². The molecule has 28 heavy (non-hydrogen) atoms. The average molecular weight is 402 g/mol. The third-order valence-corrected chi connectivity index (χ3v) is 5.11. The van der Waals surface area contributed by atoms with Crippen LogP contribution < -0.4 is 15.4 Å². The number of sulfone groups is 1. The van der Waals surface area contributed by atoms with E-state index in [1.807, 2.05) is 6.07 Å². The number of H-pyrrole nitrogens is 1. The molecule has 0 atom stereocenters. The minimum Gasteiger partial charge on any atom is -0.491 e. The van der Waals surface area contributed by atoms with Gasteiger partial charge in [-0.05, 0) is 30.2 Å². The van der Waals surface area contributed by atoms with Crippen molar-refractivity contribution in [2.24, 2.45) is 0 Å². The van der Waals surface area contributed by atoms with Crippen molar-refractivity contribution in [1.82, 2.24) is 20.2 Å². The molecule has 9 nitrogen and oxygen atoms in total. The Kier molecular flexibility index (Phi) is 5.50. The summed E-state index contributed by atoms with van der Waals surface area (Å²) in [4.78, 5) is 8.89. The zero-order valence-electron chi connectivity index (χ0n) is 16.0. The molecule has 0 fully saturated rings. The summed E-state index contributed by atoms with van der Waals surface area (Å²) < 4.78 is 28.4. The molecule has 2 aromatic heterocycles. The Morgan fingerprint density at radius 1 is 1.14 bits per heavy atom. The Labute approximate surface area is 163 Å². The van der Waals surface area contributed by atoms with Crippen molar-refractivity contribution < 1.29 is 13.2 Å². The van der Waals surface area contributed by atoms with Crippen molar-refractivity contribution in [3.05, 3.63) is 42.2 Å². The summed E-state index contributed by atoms with van der Waals surface area (Å²) in [6, 6.07) is 8.26. The second-order valence-corrected chi connectivity index (χ2v) is 8.54. The van der Waals surface area contributed by atoms with E-state index in [9.17, 15) is 8.42 Å². The molecule has 3 aromatic rings. The maximum Gasteiger partial charge on any atom is 0.229 e. The zero-order chi connectivity index (χ0) is 20.3. The van der Waals surface area contributed by atoms with E-state index in [0.29, 0.717) is 34.9 Å². The van der Waals surface area contributed by atoms with Gasteiger partial charge in [-0.15, -0.1) is 0 Å². The molecule has 3 rings (SSSR count). The Morgan fingerprint density at radius 2 is 1.86 bits per heavy atom. The summed E-state index contributed by atoms with van der Waals surface area (Å²) in [5, 5.41) is 13.4. The molecule has 0 saturated carbocycles. The molecule has 0 aliphatic carbocycles. The van der Waals surface area contributed by atoms with Crippen molar-refractivity contribution in [2.75, 3.05) is 24.0 Å². The first-order valence-electron chi connectivity index (χ1n) is 8.57. The van der Waals surface area contributed by atoms with E-state index in [1.165, 1.54) is 25.5 Å². The molecule has 1 aromatic carbocycles. The smallest absolute Gasteiger partial charge is 0.229 e. The molecule has 0 spiro atoms. The summed E-state index contributed by atoms with van der Waals surface area (Å²) >= 11 is 0. The highest BCUT2D eigenvalue weighted by molar-refractivity contribution is 7.90. The highest BCUT2D eigenvalue weighted by Gasteiger charge is 2.12. The number of rotatable bonds is 7. The van der Waals surface area contributed by atoms with Gasteiger partial charge in [0.1, 0.15) is 0 Å². The number of aromatic nitrogens is 4. The average Bonchev–Trinajstić information content (AvgIpc) is 3.11. The number of aromatic amines is 1. The second-order valence-electron chi connectivity index (χ2n) is 6.52. The molecule has 2 heterocycles. The van der Waals surface area contributed by atoms with Crippen LogP contribution in [0.1, 0.15) is 25.5 Å². The fourth-order valence-corrected chi connectivity index (χ4v) is 3.03. The number of ether oxygens (including phenoxy) is 1. The third-order valence-electron chi connectivity index (χ3n) is 3.98. The second kappa shape index (κ2) is 7.85. The number of nitrogens with zero attached hydrogens (tertiary/aromatic N) is 3. The number of benzene rings is 1. The molecule has 10 heteroatoms. The number of nitrogens with one attached hydrogen (secondary N) is 3. The van der Waals surface area contributed by atoms with Gasteiger partial charge in [0.25, 0.3) is 0 Å². The summed E-state index contributed by atoms with van der Waals surface area (Å²) in [6.07, 6.45) is 2.71. The van der Waals surface area contributed by atoms with Gasteiger partial charge < -0.3 is 15.4 Å². The highest BCUT2D eigenvalue weighted by atomic mass is 32.2. The maximum atomic E-state index is 11.6. The van der Waals surface area contributed by atoms with Crippen LogP contribution in [0.4, 0.5) is 23.3 Å². The number of anilines is 4. The van der Waals surface area contributed by atoms with Gasteiger partial charge in [0.15, 0.2) is 27.2 Å². The van der Waals surface area contributed by atoms with Gasteiger partial charge in [-0.2, -0.15) is 10.1 Å². The Morgan fingerprint density at radius 3 is 2.43 bits per heavy atom. The van der Waals surface area contributed by atoms with Crippen molar-refractivity contribution in [1.29, 1.82) is 0 Å². The van der Waals surface area contributed by atoms with Crippen LogP contribution in [0, 0.1) is 0 Å². The molecule has 0 aliphatic rings. The van der Waals surface area contributed by atoms with Crippen LogP contribution in [-0.4, -0.2) is 41.9 Å².